The molecule has 0 spiro atoms. The summed E-state index contributed by atoms with van der Waals surface area (Å²) in [4.78, 5) is 10.2. The van der Waals surface area contributed by atoms with Crippen molar-refractivity contribution in [2.45, 2.75) is 0 Å². The highest BCUT2D eigenvalue weighted by molar-refractivity contribution is 7.25. The zero-order valence-corrected chi connectivity index (χ0v) is 25.4. The van der Waals surface area contributed by atoms with Gasteiger partial charge in [-0.25, -0.2) is 9.97 Å². The molecule has 0 fully saturated rings. The van der Waals surface area contributed by atoms with Gasteiger partial charge in [-0.05, 0) is 70.4 Å². The zero-order chi connectivity index (χ0) is 30.2. The Bertz CT molecular complexity index is 2820. The van der Waals surface area contributed by atoms with E-state index in [0.29, 0.717) is 5.82 Å². The maximum Gasteiger partial charge on any atom is 0.160 e. The van der Waals surface area contributed by atoms with Gasteiger partial charge in [0.25, 0.3) is 0 Å². The molecular formula is C42H24N2OS. The molecule has 3 aromatic heterocycles. The summed E-state index contributed by atoms with van der Waals surface area (Å²) in [5, 5.41) is 8.22. The van der Waals surface area contributed by atoms with Crippen LogP contribution in [0.3, 0.4) is 0 Å². The van der Waals surface area contributed by atoms with Gasteiger partial charge < -0.3 is 4.42 Å². The van der Waals surface area contributed by atoms with E-state index in [-0.39, 0.29) is 0 Å². The summed E-state index contributed by atoms with van der Waals surface area (Å²) in [6.45, 7) is 0. The molecule has 0 aliphatic heterocycles. The topological polar surface area (TPSA) is 38.9 Å². The van der Waals surface area contributed by atoms with Crippen LogP contribution in [0.15, 0.2) is 150 Å². The Labute approximate surface area is 268 Å². The Morgan fingerprint density at radius 1 is 0.435 bits per heavy atom. The lowest BCUT2D eigenvalue weighted by atomic mass is 9.97. The quantitative estimate of drug-likeness (QED) is 0.201. The number of aromatic nitrogens is 2. The van der Waals surface area contributed by atoms with Crippen LogP contribution in [0.4, 0.5) is 0 Å². The number of benzene rings is 7. The molecule has 0 N–H and O–H groups in total. The van der Waals surface area contributed by atoms with Gasteiger partial charge in [0.15, 0.2) is 5.82 Å². The second-order valence-corrected chi connectivity index (χ2v) is 12.9. The Hall–Kier alpha value is -5.84. The fraction of sp³-hybridized carbons (Fsp3) is 0. The standard InChI is InChI=1S/C42H24N2OS/c1-2-10-29-25(8-1)9-7-13-30(29)26-16-19-31-32-20-17-28(24-38(32)45-37(31)23-26)42-43-36-14-5-3-12-34(36)41(44-42)27-18-21-40-35(22-27)33-11-4-6-15-39(33)46-40/h1-24H. The Kier molecular flexibility index (Phi) is 5.45. The molecule has 46 heavy (non-hydrogen) atoms. The molecule has 0 saturated heterocycles. The average molecular weight is 605 g/mol. The Morgan fingerprint density at radius 3 is 2.00 bits per heavy atom. The SMILES string of the molecule is c1ccc2c(-c3ccc4c(c3)oc3cc(-c5nc(-c6ccc7sc8ccccc8c7c6)c6ccccc6n5)ccc34)cccc2c1. The highest BCUT2D eigenvalue weighted by Crippen LogP contribution is 2.39. The van der Waals surface area contributed by atoms with E-state index in [9.17, 15) is 0 Å². The van der Waals surface area contributed by atoms with E-state index in [2.05, 4.69) is 140 Å². The van der Waals surface area contributed by atoms with Crippen LogP contribution in [-0.4, -0.2) is 9.97 Å². The summed E-state index contributed by atoms with van der Waals surface area (Å²) in [5.74, 6) is 0.683. The number of rotatable bonds is 3. The molecule has 214 valence electrons. The van der Waals surface area contributed by atoms with E-state index < -0.39 is 0 Å². The van der Waals surface area contributed by atoms with Crippen molar-refractivity contribution in [1.82, 2.24) is 9.97 Å². The average Bonchev–Trinajstić information content (AvgIpc) is 3.68. The van der Waals surface area contributed by atoms with Crippen LogP contribution in [0.1, 0.15) is 0 Å². The van der Waals surface area contributed by atoms with Crippen molar-refractivity contribution in [2.75, 3.05) is 0 Å². The van der Waals surface area contributed by atoms with Gasteiger partial charge in [0.2, 0.25) is 0 Å². The van der Waals surface area contributed by atoms with Gasteiger partial charge in [0.05, 0.1) is 11.2 Å². The second-order valence-electron chi connectivity index (χ2n) is 11.8. The van der Waals surface area contributed by atoms with Gasteiger partial charge in [-0.15, -0.1) is 11.3 Å². The van der Waals surface area contributed by atoms with E-state index in [1.165, 1.54) is 36.5 Å². The van der Waals surface area contributed by atoms with Crippen LogP contribution >= 0.6 is 11.3 Å². The van der Waals surface area contributed by atoms with E-state index in [0.717, 1.165) is 55.2 Å². The van der Waals surface area contributed by atoms with Crippen molar-refractivity contribution in [2.24, 2.45) is 0 Å². The van der Waals surface area contributed by atoms with Gasteiger partial charge in [-0.2, -0.15) is 0 Å². The molecular weight excluding hydrogens is 581 g/mol. The summed E-state index contributed by atoms with van der Waals surface area (Å²) in [6, 6.07) is 51.4. The van der Waals surface area contributed by atoms with Crippen molar-refractivity contribution in [3.05, 3.63) is 146 Å². The molecule has 10 rings (SSSR count). The zero-order valence-electron chi connectivity index (χ0n) is 24.6. The number of fused-ring (bicyclic) bond motifs is 8. The van der Waals surface area contributed by atoms with Crippen LogP contribution in [-0.2, 0) is 0 Å². The molecule has 0 saturated carbocycles. The molecule has 0 unspecified atom stereocenters. The lowest BCUT2D eigenvalue weighted by Crippen LogP contribution is -1.95. The predicted molar refractivity (Wildman–Crippen MR) is 194 cm³/mol. The van der Waals surface area contributed by atoms with Gasteiger partial charge >= 0.3 is 0 Å². The summed E-state index contributed by atoms with van der Waals surface area (Å²) in [5.41, 5.74) is 7.90. The monoisotopic (exact) mass is 604 g/mol. The van der Waals surface area contributed by atoms with E-state index in [1.54, 1.807) is 0 Å². The fourth-order valence-electron chi connectivity index (χ4n) is 6.86. The third-order valence-corrected chi connectivity index (χ3v) is 10.2. The van der Waals surface area contributed by atoms with Gasteiger partial charge in [0.1, 0.15) is 11.2 Å². The van der Waals surface area contributed by atoms with Crippen LogP contribution in [0.5, 0.6) is 0 Å². The lowest BCUT2D eigenvalue weighted by Gasteiger charge is -2.10. The number of thiophene rings is 1. The largest absolute Gasteiger partial charge is 0.456 e. The van der Waals surface area contributed by atoms with Crippen molar-refractivity contribution < 1.29 is 4.42 Å². The molecule has 0 atom stereocenters. The minimum atomic E-state index is 0.683. The maximum atomic E-state index is 6.52. The number of nitrogens with zero attached hydrogens (tertiary/aromatic N) is 2. The maximum absolute atomic E-state index is 6.52. The number of hydrogen-bond acceptors (Lipinski definition) is 4. The lowest BCUT2D eigenvalue weighted by molar-refractivity contribution is 0.669. The van der Waals surface area contributed by atoms with Crippen molar-refractivity contribution >= 4 is 75.1 Å². The molecule has 3 nitrogen and oxygen atoms in total. The first-order chi connectivity index (χ1) is 22.8. The normalized spacial score (nSPS) is 11.9. The summed E-state index contributed by atoms with van der Waals surface area (Å²) in [6.07, 6.45) is 0. The van der Waals surface area contributed by atoms with Crippen molar-refractivity contribution in [3.8, 4) is 33.8 Å². The Morgan fingerprint density at radius 2 is 1.11 bits per heavy atom. The second kappa shape index (κ2) is 9.83. The van der Waals surface area contributed by atoms with Gasteiger partial charge in [0, 0.05) is 47.5 Å². The minimum absolute atomic E-state index is 0.683. The van der Waals surface area contributed by atoms with Gasteiger partial charge in [-0.3, -0.25) is 0 Å². The summed E-state index contributed by atoms with van der Waals surface area (Å²) in [7, 11) is 0. The molecule has 0 aliphatic carbocycles. The molecule has 0 bridgehead atoms. The molecule has 4 heteroatoms. The predicted octanol–water partition coefficient (Wildman–Crippen LogP) is 12.1. The molecule has 0 amide bonds. The smallest absolute Gasteiger partial charge is 0.160 e. The molecule has 10 aromatic rings. The Balaban J connectivity index is 1.12. The third-order valence-electron chi connectivity index (χ3n) is 9.09. The van der Waals surface area contributed by atoms with Crippen LogP contribution in [0.2, 0.25) is 0 Å². The third kappa shape index (κ3) is 3.91. The summed E-state index contributed by atoms with van der Waals surface area (Å²) < 4.78 is 9.09. The highest BCUT2D eigenvalue weighted by atomic mass is 32.1. The number of hydrogen-bond donors (Lipinski definition) is 0. The number of para-hydroxylation sites is 1. The highest BCUT2D eigenvalue weighted by Gasteiger charge is 2.16. The van der Waals surface area contributed by atoms with E-state index >= 15 is 0 Å². The molecule has 0 radical (unpaired) electrons. The first-order valence-electron chi connectivity index (χ1n) is 15.4. The van der Waals surface area contributed by atoms with E-state index in [4.69, 9.17) is 14.4 Å². The number of furan rings is 1. The fourth-order valence-corrected chi connectivity index (χ4v) is 7.95. The summed E-state index contributed by atoms with van der Waals surface area (Å²) >= 11 is 1.83. The van der Waals surface area contributed by atoms with Crippen LogP contribution in [0.25, 0.3) is 97.6 Å². The van der Waals surface area contributed by atoms with Gasteiger partial charge in [-0.1, -0.05) is 97.1 Å². The minimum Gasteiger partial charge on any atom is -0.456 e. The van der Waals surface area contributed by atoms with Crippen LogP contribution in [0, 0.1) is 0 Å². The first-order valence-corrected chi connectivity index (χ1v) is 16.2. The van der Waals surface area contributed by atoms with Crippen molar-refractivity contribution in [3.63, 3.8) is 0 Å². The van der Waals surface area contributed by atoms with Crippen molar-refractivity contribution in [1.29, 1.82) is 0 Å². The van der Waals surface area contributed by atoms with E-state index in [1.807, 2.05) is 17.4 Å². The first kappa shape index (κ1) is 25.5. The molecule has 0 aliphatic rings. The molecule has 3 heterocycles. The van der Waals surface area contributed by atoms with Crippen LogP contribution < -0.4 is 0 Å². The molecule has 7 aromatic carbocycles.